The zero-order chi connectivity index (χ0) is 35.6. The van der Waals surface area contributed by atoms with Crippen LogP contribution in [0, 0.1) is 12.8 Å². The van der Waals surface area contributed by atoms with Crippen molar-refractivity contribution < 1.29 is 37.3 Å². The number of hydrogen-bond acceptors (Lipinski definition) is 6. The summed E-state index contributed by atoms with van der Waals surface area (Å²) < 4.78 is 47.5. The first-order valence-electron chi connectivity index (χ1n) is 15.9. The number of rotatable bonds is 13. The average molecular weight is 745 g/mol. The number of ether oxygens (including phenoxy) is 2. The van der Waals surface area contributed by atoms with E-state index in [9.17, 15) is 27.9 Å². The van der Waals surface area contributed by atoms with Crippen LogP contribution in [0.3, 0.4) is 0 Å². The van der Waals surface area contributed by atoms with Crippen molar-refractivity contribution in [2.45, 2.75) is 63.8 Å². The van der Waals surface area contributed by atoms with E-state index in [-0.39, 0.29) is 12.5 Å². The lowest BCUT2D eigenvalue weighted by atomic mass is 9.81. The van der Waals surface area contributed by atoms with Crippen molar-refractivity contribution in [1.82, 2.24) is 16.0 Å². The Labute approximate surface area is 298 Å². The maximum Gasteiger partial charge on any atom is 0.397 e. The predicted molar refractivity (Wildman–Crippen MR) is 184 cm³/mol. The molecule has 8 nitrogen and oxygen atoms in total. The third kappa shape index (κ3) is 12.9. The highest BCUT2D eigenvalue weighted by Gasteiger charge is 2.32. The summed E-state index contributed by atoms with van der Waals surface area (Å²) in [6.07, 6.45) is -2.82. The van der Waals surface area contributed by atoms with Crippen LogP contribution in [-0.2, 0) is 22.7 Å². The van der Waals surface area contributed by atoms with Gasteiger partial charge < -0.3 is 30.5 Å². The SMILES string of the molecule is Cc1cc(Cl)c(OCCOc2ccc([C@H]3CCNC[C@@H]3C(=O)O)cc2)c(Cl)c1.O=C(CC(F)(F)F)NCc1ccc(Cl)c(CNC2CC2)c1. The Morgan fingerprint density at radius 2 is 1.59 bits per heavy atom. The van der Waals surface area contributed by atoms with Crippen molar-refractivity contribution in [3.05, 3.63) is 91.9 Å². The Hall–Kier alpha value is -3.22. The third-order valence-electron chi connectivity index (χ3n) is 7.97. The zero-order valence-electron chi connectivity index (χ0n) is 26.8. The van der Waals surface area contributed by atoms with Gasteiger partial charge in [-0.1, -0.05) is 59.1 Å². The molecular formula is C35H39Cl3F3N3O5. The molecule has 1 saturated carbocycles. The van der Waals surface area contributed by atoms with Gasteiger partial charge >= 0.3 is 12.1 Å². The van der Waals surface area contributed by atoms with Crippen LogP contribution in [0.2, 0.25) is 15.1 Å². The maximum atomic E-state index is 12.0. The molecule has 3 aromatic carbocycles. The Morgan fingerprint density at radius 1 is 0.918 bits per heavy atom. The molecule has 49 heavy (non-hydrogen) atoms. The molecule has 0 bridgehead atoms. The van der Waals surface area contributed by atoms with Gasteiger partial charge in [0.25, 0.3) is 0 Å². The number of hydrogen-bond donors (Lipinski definition) is 4. The van der Waals surface area contributed by atoms with Gasteiger partial charge in [-0.05, 0) is 91.2 Å². The number of carboxylic acid groups (broad SMARTS) is 1. The monoisotopic (exact) mass is 743 g/mol. The van der Waals surface area contributed by atoms with Crippen molar-refractivity contribution in [2.24, 2.45) is 5.92 Å². The van der Waals surface area contributed by atoms with Crippen molar-refractivity contribution in [2.75, 3.05) is 26.3 Å². The van der Waals surface area contributed by atoms with E-state index < -0.39 is 30.4 Å². The molecule has 5 rings (SSSR count). The smallest absolute Gasteiger partial charge is 0.397 e. The van der Waals surface area contributed by atoms with E-state index in [4.69, 9.17) is 44.3 Å². The number of piperidine rings is 1. The summed E-state index contributed by atoms with van der Waals surface area (Å²) in [6, 6.07) is 16.9. The number of alkyl halides is 3. The van der Waals surface area contributed by atoms with Gasteiger partial charge in [0.2, 0.25) is 5.91 Å². The molecular weight excluding hydrogens is 706 g/mol. The molecule has 1 saturated heterocycles. The Balaban J connectivity index is 0.000000230. The summed E-state index contributed by atoms with van der Waals surface area (Å²) in [7, 11) is 0. The number of carboxylic acids is 1. The lowest BCUT2D eigenvalue weighted by Gasteiger charge is -2.29. The first-order chi connectivity index (χ1) is 23.3. The molecule has 2 aliphatic rings. The fraction of sp³-hybridized carbons (Fsp3) is 0.429. The van der Waals surface area contributed by atoms with Gasteiger partial charge in [-0.2, -0.15) is 13.2 Å². The minimum atomic E-state index is -4.48. The van der Waals surface area contributed by atoms with Crippen LogP contribution >= 0.6 is 34.8 Å². The summed E-state index contributed by atoms with van der Waals surface area (Å²) >= 11 is 18.4. The van der Waals surface area contributed by atoms with E-state index >= 15 is 0 Å². The molecule has 2 atom stereocenters. The number of carbonyl (C=O) groups excluding carboxylic acids is 1. The lowest BCUT2D eigenvalue weighted by molar-refractivity contribution is -0.154. The normalized spacial score (nSPS) is 17.4. The second kappa shape index (κ2) is 18.1. The van der Waals surface area contributed by atoms with Gasteiger partial charge in [-0.25, -0.2) is 0 Å². The highest BCUT2D eigenvalue weighted by molar-refractivity contribution is 6.37. The number of aryl methyl sites for hydroxylation is 1. The van der Waals surface area contributed by atoms with Crippen LogP contribution in [0.5, 0.6) is 11.5 Å². The van der Waals surface area contributed by atoms with Crippen molar-refractivity contribution in [3.8, 4) is 11.5 Å². The minimum Gasteiger partial charge on any atom is -0.490 e. The van der Waals surface area contributed by atoms with Gasteiger partial charge in [-0.3, -0.25) is 9.59 Å². The number of amides is 1. The second-order valence-corrected chi connectivity index (χ2v) is 13.2. The molecule has 1 amide bonds. The van der Waals surface area contributed by atoms with Crippen LogP contribution in [0.1, 0.15) is 53.9 Å². The van der Waals surface area contributed by atoms with Crippen LogP contribution in [-0.4, -0.2) is 55.5 Å². The van der Waals surface area contributed by atoms with Gasteiger partial charge in [-0.15, -0.1) is 0 Å². The standard InChI is InChI=1S/C21H23Cl2NO4.C14H16ClF3N2O/c1-13-10-18(22)20(19(23)11-13)28-9-8-27-15-4-2-14(3-5-15)16-6-7-24-12-17(16)21(25)26;15-12-4-1-9(5-10(12)8-19-11-2-3-11)7-20-13(21)6-14(16,17)18/h2-5,10-11,16-17,24H,6-9,12H2,1H3,(H,25,26);1,4-5,11,19H,2-3,6-8H2,(H,20,21)/t16-,17+;/m1./s1. The van der Waals surface area contributed by atoms with Crippen LogP contribution < -0.4 is 25.4 Å². The number of carbonyl (C=O) groups is 2. The molecule has 0 unspecified atom stereocenters. The van der Waals surface area contributed by atoms with Crippen molar-refractivity contribution in [1.29, 1.82) is 0 Å². The van der Waals surface area contributed by atoms with E-state index in [1.54, 1.807) is 30.3 Å². The molecule has 1 heterocycles. The zero-order valence-corrected chi connectivity index (χ0v) is 29.1. The highest BCUT2D eigenvalue weighted by atomic mass is 35.5. The maximum absolute atomic E-state index is 12.0. The molecule has 1 aliphatic heterocycles. The van der Waals surface area contributed by atoms with Crippen LogP contribution in [0.15, 0.2) is 54.6 Å². The molecule has 266 valence electrons. The first kappa shape index (κ1) is 38.6. The fourth-order valence-electron chi connectivity index (χ4n) is 5.32. The quantitative estimate of drug-likeness (QED) is 0.133. The fourth-order valence-corrected chi connectivity index (χ4v) is 6.21. The van der Waals surface area contributed by atoms with E-state index in [1.165, 1.54) is 0 Å². The predicted octanol–water partition coefficient (Wildman–Crippen LogP) is 7.70. The number of nitrogens with one attached hydrogen (secondary N) is 3. The Kier molecular flexibility index (Phi) is 14.3. The largest absolute Gasteiger partial charge is 0.490 e. The van der Waals surface area contributed by atoms with Gasteiger partial charge in [0.1, 0.15) is 25.4 Å². The van der Waals surface area contributed by atoms with Gasteiger partial charge in [0, 0.05) is 30.7 Å². The van der Waals surface area contributed by atoms with Crippen LogP contribution in [0.25, 0.3) is 0 Å². The minimum absolute atomic E-state index is 0.0157. The Morgan fingerprint density at radius 3 is 2.22 bits per heavy atom. The second-order valence-electron chi connectivity index (χ2n) is 12.0. The molecule has 0 spiro atoms. The summed E-state index contributed by atoms with van der Waals surface area (Å²) in [4.78, 5) is 22.6. The van der Waals surface area contributed by atoms with Gasteiger partial charge in [0.15, 0.2) is 5.75 Å². The van der Waals surface area contributed by atoms with E-state index in [0.717, 1.165) is 48.1 Å². The van der Waals surface area contributed by atoms with Crippen LogP contribution in [0.4, 0.5) is 13.2 Å². The highest BCUT2D eigenvalue weighted by Crippen LogP contribution is 2.34. The van der Waals surface area contributed by atoms with E-state index in [0.29, 0.717) is 58.9 Å². The van der Waals surface area contributed by atoms with Gasteiger partial charge in [0.05, 0.1) is 16.0 Å². The molecule has 3 aromatic rings. The molecule has 2 fully saturated rings. The molecule has 1 aliphatic carbocycles. The first-order valence-corrected chi connectivity index (χ1v) is 17.0. The summed E-state index contributed by atoms with van der Waals surface area (Å²) in [6.45, 7) is 4.56. The van der Waals surface area contributed by atoms with E-state index in [2.05, 4.69) is 16.0 Å². The number of halogens is 6. The molecule has 0 aromatic heterocycles. The summed E-state index contributed by atoms with van der Waals surface area (Å²) in [5.74, 6) is -1.02. The molecule has 14 heteroatoms. The summed E-state index contributed by atoms with van der Waals surface area (Å²) in [5.41, 5.74) is 3.60. The summed E-state index contributed by atoms with van der Waals surface area (Å²) in [5, 5.41) is 19.7. The average Bonchev–Trinajstić information content (AvgIpc) is 3.87. The third-order valence-corrected chi connectivity index (χ3v) is 8.90. The van der Waals surface area contributed by atoms with Crippen molar-refractivity contribution in [3.63, 3.8) is 0 Å². The molecule has 4 N–H and O–H groups in total. The van der Waals surface area contributed by atoms with E-state index in [1.807, 2.05) is 31.2 Å². The molecule has 0 radical (unpaired) electrons. The lowest BCUT2D eigenvalue weighted by Crippen LogP contribution is -2.39. The number of benzene rings is 3. The Bertz CT molecular complexity index is 1550. The van der Waals surface area contributed by atoms with Crippen molar-refractivity contribution >= 4 is 46.7 Å². The number of aliphatic carboxylic acids is 1. The topological polar surface area (TPSA) is 109 Å².